The number of phenols is 1. The minimum atomic E-state index is 0.0583. The number of terminal acetylenes is 2. The lowest BCUT2D eigenvalue weighted by molar-refractivity contribution is 0.473. The third-order valence-corrected chi connectivity index (χ3v) is 1.32. The molecule has 0 saturated carbocycles. The van der Waals surface area contributed by atoms with Gasteiger partial charge in [0.2, 0.25) is 0 Å². The maximum Gasteiger partial charge on any atom is 0.132 e. The molecule has 0 aliphatic rings. The fourth-order valence-electron chi connectivity index (χ4n) is 0.743. The minimum Gasteiger partial charge on any atom is -0.507 e. The Hall–Kier alpha value is -1.86. The van der Waals surface area contributed by atoms with Crippen LogP contribution in [-0.2, 0) is 0 Å². The first-order valence-corrected chi connectivity index (χ1v) is 3.04. The Labute approximate surface area is 65.7 Å². The summed E-state index contributed by atoms with van der Waals surface area (Å²) in [4.78, 5) is 0. The molecule has 0 aromatic heterocycles. The molecule has 0 aliphatic heterocycles. The number of rotatable bonds is 0. The molecule has 1 aromatic carbocycles. The van der Waals surface area contributed by atoms with Gasteiger partial charge >= 0.3 is 0 Å². The molecule has 0 heterocycles. The first-order chi connectivity index (χ1) is 5.27. The molecule has 1 N–H and O–H groups in total. The van der Waals surface area contributed by atoms with E-state index in [-0.39, 0.29) is 5.75 Å². The van der Waals surface area contributed by atoms with Crippen LogP contribution >= 0.6 is 0 Å². The lowest BCUT2D eigenvalue weighted by atomic mass is 10.1. The van der Waals surface area contributed by atoms with Crippen LogP contribution in [0.5, 0.6) is 5.75 Å². The average Bonchev–Trinajstić information content (AvgIpc) is 2.04. The topological polar surface area (TPSA) is 20.2 Å². The molecular weight excluding hydrogens is 136 g/mol. The van der Waals surface area contributed by atoms with Crippen LogP contribution in [0, 0.1) is 24.7 Å². The molecule has 0 amide bonds. The van der Waals surface area contributed by atoms with Gasteiger partial charge in [-0.15, -0.1) is 12.8 Å². The number of benzene rings is 1. The molecular formula is C10H6O. The van der Waals surface area contributed by atoms with E-state index in [0.29, 0.717) is 11.1 Å². The molecule has 0 aliphatic carbocycles. The molecule has 1 rings (SSSR count). The first-order valence-electron chi connectivity index (χ1n) is 3.04. The lowest BCUT2D eigenvalue weighted by Crippen LogP contribution is -1.78. The highest BCUT2D eigenvalue weighted by Gasteiger charge is 1.96. The van der Waals surface area contributed by atoms with Crippen LogP contribution in [0.25, 0.3) is 0 Å². The van der Waals surface area contributed by atoms with E-state index in [1.54, 1.807) is 12.1 Å². The van der Waals surface area contributed by atoms with E-state index >= 15 is 0 Å². The van der Waals surface area contributed by atoms with Gasteiger partial charge < -0.3 is 5.11 Å². The zero-order valence-corrected chi connectivity index (χ0v) is 5.83. The van der Waals surface area contributed by atoms with Crippen molar-refractivity contribution in [1.29, 1.82) is 0 Å². The van der Waals surface area contributed by atoms with Gasteiger partial charge in [-0.2, -0.15) is 0 Å². The summed E-state index contributed by atoms with van der Waals surface area (Å²) in [5.74, 6) is 4.78. The second-order valence-corrected chi connectivity index (χ2v) is 2.02. The van der Waals surface area contributed by atoms with Gasteiger partial charge in [0.15, 0.2) is 0 Å². The zero-order chi connectivity index (χ0) is 8.27. The fourth-order valence-corrected chi connectivity index (χ4v) is 0.743. The third kappa shape index (κ3) is 1.34. The maximum absolute atomic E-state index is 9.18. The number of aromatic hydroxyl groups is 1. The summed E-state index contributed by atoms with van der Waals surface area (Å²) in [6.45, 7) is 0. The van der Waals surface area contributed by atoms with E-state index in [2.05, 4.69) is 11.8 Å². The Bertz CT molecular complexity index is 350. The van der Waals surface area contributed by atoms with E-state index in [9.17, 15) is 5.11 Å². The average molecular weight is 142 g/mol. The summed E-state index contributed by atoms with van der Waals surface area (Å²) in [5, 5.41) is 9.18. The summed E-state index contributed by atoms with van der Waals surface area (Å²) in [6.07, 6.45) is 10.2. The number of hydrogen-bond donors (Lipinski definition) is 1. The smallest absolute Gasteiger partial charge is 0.132 e. The zero-order valence-electron chi connectivity index (χ0n) is 5.83. The SMILES string of the molecule is C#Cc1ccc(C#C)c(O)c1. The van der Waals surface area contributed by atoms with Crippen LogP contribution in [-0.4, -0.2) is 5.11 Å². The largest absolute Gasteiger partial charge is 0.507 e. The van der Waals surface area contributed by atoms with E-state index in [4.69, 9.17) is 12.8 Å². The van der Waals surface area contributed by atoms with Crippen molar-refractivity contribution in [3.8, 4) is 30.4 Å². The Kier molecular flexibility index (Phi) is 1.86. The summed E-state index contributed by atoms with van der Waals surface area (Å²) in [6, 6.07) is 4.77. The highest BCUT2D eigenvalue weighted by atomic mass is 16.3. The molecule has 0 fully saturated rings. The summed E-state index contributed by atoms with van der Waals surface area (Å²) < 4.78 is 0. The molecule has 11 heavy (non-hydrogen) atoms. The molecule has 1 aromatic rings. The van der Waals surface area contributed by atoms with Gasteiger partial charge in [0.25, 0.3) is 0 Å². The summed E-state index contributed by atoms with van der Waals surface area (Å²) in [5.41, 5.74) is 1.09. The molecule has 0 unspecified atom stereocenters. The fraction of sp³-hybridized carbons (Fsp3) is 0. The Balaban J connectivity index is 3.25. The number of hydrogen-bond acceptors (Lipinski definition) is 1. The van der Waals surface area contributed by atoms with Gasteiger partial charge in [0.1, 0.15) is 5.75 Å². The normalized spacial score (nSPS) is 8.18. The van der Waals surface area contributed by atoms with Crippen LogP contribution in [0.1, 0.15) is 11.1 Å². The monoisotopic (exact) mass is 142 g/mol. The van der Waals surface area contributed by atoms with Crippen molar-refractivity contribution >= 4 is 0 Å². The molecule has 0 atom stereocenters. The summed E-state index contributed by atoms with van der Waals surface area (Å²) in [7, 11) is 0. The molecule has 1 nitrogen and oxygen atoms in total. The first kappa shape index (κ1) is 7.25. The van der Waals surface area contributed by atoms with Crippen molar-refractivity contribution in [2.24, 2.45) is 0 Å². The van der Waals surface area contributed by atoms with Crippen molar-refractivity contribution in [1.82, 2.24) is 0 Å². The predicted molar refractivity (Wildman–Crippen MR) is 44.0 cm³/mol. The standard InChI is InChI=1S/C10H6O/c1-3-8-5-6-9(4-2)10(11)7-8/h1-2,5-7,11H. The highest BCUT2D eigenvalue weighted by molar-refractivity contribution is 5.49. The maximum atomic E-state index is 9.18. The van der Waals surface area contributed by atoms with Gasteiger partial charge in [0, 0.05) is 5.56 Å². The minimum absolute atomic E-state index is 0.0583. The van der Waals surface area contributed by atoms with Crippen molar-refractivity contribution < 1.29 is 5.11 Å². The molecule has 0 bridgehead atoms. The van der Waals surface area contributed by atoms with E-state index in [1.807, 2.05) is 0 Å². The van der Waals surface area contributed by atoms with Crippen molar-refractivity contribution in [3.63, 3.8) is 0 Å². The molecule has 0 spiro atoms. The lowest BCUT2D eigenvalue weighted by Gasteiger charge is -1.96. The van der Waals surface area contributed by atoms with Crippen molar-refractivity contribution in [2.75, 3.05) is 0 Å². The second-order valence-electron chi connectivity index (χ2n) is 2.02. The molecule has 0 saturated heterocycles. The summed E-state index contributed by atoms with van der Waals surface area (Å²) >= 11 is 0. The quantitative estimate of drug-likeness (QED) is 0.542. The van der Waals surface area contributed by atoms with E-state index < -0.39 is 0 Å². The van der Waals surface area contributed by atoms with Gasteiger partial charge in [-0.05, 0) is 18.2 Å². The Morgan fingerprint density at radius 1 is 1.18 bits per heavy atom. The predicted octanol–water partition coefficient (Wildman–Crippen LogP) is 1.35. The number of phenolic OH excluding ortho intramolecular Hbond substituents is 1. The van der Waals surface area contributed by atoms with Crippen LogP contribution in [0.3, 0.4) is 0 Å². The van der Waals surface area contributed by atoms with Crippen LogP contribution in [0.2, 0.25) is 0 Å². The Morgan fingerprint density at radius 2 is 1.91 bits per heavy atom. The Morgan fingerprint density at radius 3 is 2.36 bits per heavy atom. The molecule has 0 radical (unpaired) electrons. The van der Waals surface area contributed by atoms with Crippen LogP contribution in [0.15, 0.2) is 18.2 Å². The highest BCUT2D eigenvalue weighted by Crippen LogP contribution is 2.16. The van der Waals surface area contributed by atoms with Gasteiger partial charge in [-0.3, -0.25) is 0 Å². The van der Waals surface area contributed by atoms with Gasteiger partial charge in [0.05, 0.1) is 5.56 Å². The van der Waals surface area contributed by atoms with Crippen molar-refractivity contribution in [3.05, 3.63) is 29.3 Å². The van der Waals surface area contributed by atoms with Crippen LogP contribution in [0.4, 0.5) is 0 Å². The second kappa shape index (κ2) is 2.82. The van der Waals surface area contributed by atoms with E-state index in [1.165, 1.54) is 6.07 Å². The van der Waals surface area contributed by atoms with E-state index in [0.717, 1.165) is 0 Å². The van der Waals surface area contributed by atoms with Crippen molar-refractivity contribution in [2.45, 2.75) is 0 Å². The molecule has 1 heteroatoms. The van der Waals surface area contributed by atoms with Gasteiger partial charge in [-0.25, -0.2) is 0 Å². The van der Waals surface area contributed by atoms with Crippen LogP contribution < -0.4 is 0 Å². The third-order valence-electron chi connectivity index (χ3n) is 1.32. The molecule has 52 valence electrons. The van der Waals surface area contributed by atoms with Gasteiger partial charge in [-0.1, -0.05) is 11.8 Å².